The van der Waals surface area contributed by atoms with E-state index in [2.05, 4.69) is 5.32 Å². The van der Waals surface area contributed by atoms with Gasteiger partial charge >= 0.3 is 12.0 Å². The van der Waals surface area contributed by atoms with Crippen molar-refractivity contribution in [3.63, 3.8) is 0 Å². The molecule has 3 N–H and O–H groups in total. The van der Waals surface area contributed by atoms with Crippen molar-refractivity contribution in [3.8, 4) is 0 Å². The summed E-state index contributed by atoms with van der Waals surface area (Å²) in [6, 6.07) is -0.441. The molecule has 106 valence electrons. The highest BCUT2D eigenvalue weighted by Gasteiger charge is 2.34. The van der Waals surface area contributed by atoms with Crippen molar-refractivity contribution in [2.24, 2.45) is 0 Å². The Morgan fingerprint density at radius 2 is 1.89 bits per heavy atom. The number of amides is 2. The summed E-state index contributed by atoms with van der Waals surface area (Å²) < 4.78 is 0. The van der Waals surface area contributed by atoms with Crippen LogP contribution in [0.5, 0.6) is 0 Å². The minimum atomic E-state index is -1.27. The zero-order valence-corrected chi connectivity index (χ0v) is 11.4. The summed E-state index contributed by atoms with van der Waals surface area (Å²) in [4.78, 5) is 24.5. The third-order valence-electron chi connectivity index (χ3n) is 3.00. The number of carboxylic acids is 1. The summed E-state index contributed by atoms with van der Waals surface area (Å²) in [7, 11) is 0. The van der Waals surface area contributed by atoms with E-state index in [9.17, 15) is 9.59 Å². The molecule has 6 heteroatoms. The van der Waals surface area contributed by atoms with Crippen molar-refractivity contribution in [2.45, 2.75) is 45.6 Å². The van der Waals surface area contributed by atoms with Crippen LogP contribution in [-0.2, 0) is 4.79 Å². The molecule has 2 amide bonds. The van der Waals surface area contributed by atoms with Gasteiger partial charge in [-0.15, -0.1) is 0 Å². The highest BCUT2D eigenvalue weighted by molar-refractivity contribution is 5.85. The normalized spacial score (nSPS) is 13.8. The van der Waals surface area contributed by atoms with Gasteiger partial charge in [-0.05, 0) is 19.8 Å². The predicted octanol–water partition coefficient (Wildman–Crippen LogP) is 1.04. The number of hydrogen-bond donors (Lipinski definition) is 3. The van der Waals surface area contributed by atoms with Crippen molar-refractivity contribution in [1.29, 1.82) is 0 Å². The first-order valence-corrected chi connectivity index (χ1v) is 6.32. The highest BCUT2D eigenvalue weighted by atomic mass is 16.4. The minimum absolute atomic E-state index is 0.132. The van der Waals surface area contributed by atoms with Crippen molar-refractivity contribution >= 4 is 12.0 Å². The molecule has 0 aromatic carbocycles. The third-order valence-corrected chi connectivity index (χ3v) is 3.00. The molecule has 6 nitrogen and oxygen atoms in total. The molecular weight excluding hydrogens is 236 g/mol. The van der Waals surface area contributed by atoms with Crippen LogP contribution in [0.15, 0.2) is 0 Å². The molecule has 0 fully saturated rings. The first-order chi connectivity index (χ1) is 8.41. The molecule has 0 saturated carbocycles. The lowest BCUT2D eigenvalue weighted by Crippen LogP contribution is -2.56. The Kier molecular flexibility index (Phi) is 7.35. The molecule has 0 aliphatic carbocycles. The second-order valence-electron chi connectivity index (χ2n) is 4.49. The van der Waals surface area contributed by atoms with Gasteiger partial charge in [0.1, 0.15) is 5.54 Å². The highest BCUT2D eigenvalue weighted by Crippen LogP contribution is 2.10. The number of aliphatic carboxylic acids is 1. The number of carbonyl (C=O) groups excluding carboxylic acids is 1. The number of nitrogens with one attached hydrogen (secondary N) is 1. The molecule has 1 atom stereocenters. The standard InChI is InChI=1S/C12H24N2O4/c1-4-6-7-14(8-9-15)11(18)13-12(3,5-2)10(16)17/h15H,4-9H2,1-3H3,(H,13,18)(H,16,17). The van der Waals surface area contributed by atoms with Crippen LogP contribution in [0.3, 0.4) is 0 Å². The molecule has 18 heavy (non-hydrogen) atoms. The molecule has 0 aliphatic heterocycles. The van der Waals surface area contributed by atoms with Crippen LogP contribution < -0.4 is 5.32 Å². The first kappa shape index (κ1) is 16.7. The fourth-order valence-electron chi connectivity index (χ4n) is 1.39. The van der Waals surface area contributed by atoms with Gasteiger partial charge in [-0.1, -0.05) is 20.3 Å². The molecule has 0 heterocycles. The van der Waals surface area contributed by atoms with Gasteiger partial charge in [0.05, 0.1) is 6.61 Å². The van der Waals surface area contributed by atoms with Gasteiger partial charge < -0.3 is 20.4 Å². The maximum Gasteiger partial charge on any atom is 0.329 e. The molecule has 0 rings (SSSR count). The van der Waals surface area contributed by atoms with E-state index in [1.54, 1.807) is 6.92 Å². The molecule has 0 aliphatic rings. The molecule has 0 saturated heterocycles. The predicted molar refractivity (Wildman–Crippen MR) is 68.4 cm³/mol. The molecule has 0 radical (unpaired) electrons. The van der Waals surface area contributed by atoms with Crippen LogP contribution in [0.2, 0.25) is 0 Å². The minimum Gasteiger partial charge on any atom is -0.480 e. The van der Waals surface area contributed by atoms with Gasteiger partial charge in [0, 0.05) is 13.1 Å². The third kappa shape index (κ3) is 4.91. The zero-order chi connectivity index (χ0) is 14.2. The number of rotatable bonds is 8. The number of nitrogens with zero attached hydrogens (tertiary/aromatic N) is 1. The number of aliphatic hydroxyl groups is 1. The van der Waals surface area contributed by atoms with Crippen molar-refractivity contribution in [1.82, 2.24) is 10.2 Å². The van der Waals surface area contributed by atoms with Crippen LogP contribution in [0.25, 0.3) is 0 Å². The Morgan fingerprint density at radius 3 is 2.28 bits per heavy atom. The summed E-state index contributed by atoms with van der Waals surface area (Å²) in [5.74, 6) is -1.06. The van der Waals surface area contributed by atoms with Crippen LogP contribution in [0.4, 0.5) is 4.79 Å². The fourth-order valence-corrected chi connectivity index (χ4v) is 1.39. The van der Waals surface area contributed by atoms with E-state index < -0.39 is 17.5 Å². The summed E-state index contributed by atoms with van der Waals surface area (Å²) in [6.45, 7) is 5.78. The second kappa shape index (κ2) is 7.92. The first-order valence-electron chi connectivity index (χ1n) is 6.32. The Hall–Kier alpha value is -1.30. The molecule has 1 unspecified atom stereocenters. The maximum absolute atomic E-state index is 12.0. The van der Waals surface area contributed by atoms with Crippen LogP contribution in [0, 0.1) is 0 Å². The Morgan fingerprint density at radius 1 is 1.28 bits per heavy atom. The number of hydrogen-bond acceptors (Lipinski definition) is 3. The molecular formula is C12H24N2O4. The summed E-state index contributed by atoms with van der Waals surface area (Å²) >= 11 is 0. The number of carboxylic acid groups (broad SMARTS) is 1. The largest absolute Gasteiger partial charge is 0.480 e. The SMILES string of the molecule is CCCCN(CCO)C(=O)NC(C)(CC)C(=O)O. The average molecular weight is 260 g/mol. The summed E-state index contributed by atoms with van der Waals surface area (Å²) in [6.07, 6.45) is 2.05. The maximum atomic E-state index is 12.0. The lowest BCUT2D eigenvalue weighted by atomic mass is 10.00. The van der Waals surface area contributed by atoms with Crippen LogP contribution in [-0.4, -0.2) is 52.3 Å². The topological polar surface area (TPSA) is 89.9 Å². The Bertz CT molecular complexity index is 283. The molecule has 0 aromatic heterocycles. The lowest BCUT2D eigenvalue weighted by Gasteiger charge is -2.29. The van der Waals surface area contributed by atoms with E-state index in [1.165, 1.54) is 11.8 Å². The van der Waals surface area contributed by atoms with Gasteiger partial charge in [-0.25, -0.2) is 9.59 Å². The van der Waals surface area contributed by atoms with Crippen LogP contribution in [0.1, 0.15) is 40.0 Å². The van der Waals surface area contributed by atoms with Gasteiger partial charge in [-0.2, -0.15) is 0 Å². The average Bonchev–Trinajstić information content (AvgIpc) is 2.33. The molecule has 0 aromatic rings. The van der Waals surface area contributed by atoms with Gasteiger partial charge in [0.2, 0.25) is 0 Å². The van der Waals surface area contributed by atoms with Crippen molar-refractivity contribution < 1.29 is 19.8 Å². The van der Waals surface area contributed by atoms with Gasteiger partial charge in [-0.3, -0.25) is 0 Å². The smallest absolute Gasteiger partial charge is 0.329 e. The summed E-state index contributed by atoms with van der Waals surface area (Å²) in [5.41, 5.74) is -1.27. The van der Waals surface area contributed by atoms with Crippen molar-refractivity contribution in [2.75, 3.05) is 19.7 Å². The summed E-state index contributed by atoms with van der Waals surface area (Å²) in [5, 5.41) is 20.5. The van der Waals surface area contributed by atoms with Crippen LogP contribution >= 0.6 is 0 Å². The van der Waals surface area contributed by atoms with Gasteiger partial charge in [0.25, 0.3) is 0 Å². The lowest BCUT2D eigenvalue weighted by molar-refractivity contribution is -0.143. The van der Waals surface area contributed by atoms with E-state index in [-0.39, 0.29) is 13.2 Å². The fraction of sp³-hybridized carbons (Fsp3) is 0.833. The second-order valence-corrected chi connectivity index (χ2v) is 4.49. The number of unbranched alkanes of at least 4 members (excludes halogenated alkanes) is 1. The zero-order valence-electron chi connectivity index (χ0n) is 11.4. The van der Waals surface area contributed by atoms with E-state index in [0.717, 1.165) is 12.8 Å². The number of urea groups is 1. The quantitative estimate of drug-likeness (QED) is 0.608. The Labute approximate surface area is 108 Å². The molecule has 0 bridgehead atoms. The van der Waals surface area contributed by atoms with Gasteiger partial charge in [0.15, 0.2) is 0 Å². The van der Waals surface area contributed by atoms with Crippen molar-refractivity contribution in [3.05, 3.63) is 0 Å². The number of carbonyl (C=O) groups is 2. The van der Waals surface area contributed by atoms with E-state index >= 15 is 0 Å². The van der Waals surface area contributed by atoms with E-state index in [4.69, 9.17) is 10.2 Å². The monoisotopic (exact) mass is 260 g/mol. The Balaban J connectivity index is 4.61. The van der Waals surface area contributed by atoms with E-state index in [1.807, 2.05) is 6.92 Å². The molecule has 0 spiro atoms. The van der Waals surface area contributed by atoms with E-state index in [0.29, 0.717) is 13.0 Å². The number of aliphatic hydroxyl groups excluding tert-OH is 1.